The molecular weight excluding hydrogens is 358 g/mol. The molecule has 0 amide bonds. The van der Waals surface area contributed by atoms with Gasteiger partial charge < -0.3 is 15.2 Å². The van der Waals surface area contributed by atoms with E-state index >= 15 is 0 Å². The van der Waals surface area contributed by atoms with Crippen LogP contribution in [0.15, 0.2) is 40.9 Å². The molecule has 4 nitrogen and oxygen atoms in total. The van der Waals surface area contributed by atoms with Crippen LogP contribution in [0.2, 0.25) is 5.02 Å². The van der Waals surface area contributed by atoms with E-state index in [1.807, 2.05) is 12.1 Å². The van der Waals surface area contributed by atoms with Gasteiger partial charge in [-0.1, -0.05) is 33.6 Å². The predicted molar refractivity (Wildman–Crippen MR) is 85.7 cm³/mol. The molecule has 6 heteroatoms. The van der Waals surface area contributed by atoms with Crippen LogP contribution in [-0.4, -0.2) is 13.1 Å². The lowest BCUT2D eigenvalue weighted by Gasteiger charge is -2.11. The summed E-state index contributed by atoms with van der Waals surface area (Å²) in [5, 5.41) is 0.265. The number of methoxy groups -OCH3 is 1. The van der Waals surface area contributed by atoms with Gasteiger partial charge in [0.2, 0.25) is 0 Å². The largest absolute Gasteiger partial charge is 0.496 e. The number of rotatable bonds is 4. The summed E-state index contributed by atoms with van der Waals surface area (Å²) < 4.78 is 11.4. The van der Waals surface area contributed by atoms with Crippen LogP contribution in [0.3, 0.4) is 0 Å². The Kier molecular flexibility index (Phi) is 5.09. The van der Waals surface area contributed by atoms with Crippen molar-refractivity contribution >= 4 is 39.2 Å². The number of esters is 1. The Morgan fingerprint density at radius 2 is 2.10 bits per heavy atom. The first-order chi connectivity index (χ1) is 10.0. The van der Waals surface area contributed by atoms with E-state index in [9.17, 15) is 4.79 Å². The van der Waals surface area contributed by atoms with Gasteiger partial charge in [0.1, 0.15) is 17.9 Å². The molecule has 110 valence electrons. The summed E-state index contributed by atoms with van der Waals surface area (Å²) in [5.41, 5.74) is 6.96. The van der Waals surface area contributed by atoms with E-state index in [-0.39, 0.29) is 22.9 Å². The number of ether oxygens (including phenoxy) is 2. The van der Waals surface area contributed by atoms with E-state index in [1.165, 1.54) is 0 Å². The first-order valence-corrected chi connectivity index (χ1v) is 7.23. The lowest BCUT2D eigenvalue weighted by atomic mass is 10.2. The molecule has 0 bridgehead atoms. The van der Waals surface area contributed by atoms with Gasteiger partial charge in [0.25, 0.3) is 0 Å². The van der Waals surface area contributed by atoms with Gasteiger partial charge in [-0.05, 0) is 30.3 Å². The van der Waals surface area contributed by atoms with Crippen molar-refractivity contribution in [2.24, 2.45) is 0 Å². The van der Waals surface area contributed by atoms with Crippen molar-refractivity contribution < 1.29 is 14.3 Å². The minimum atomic E-state index is -0.569. The number of carbonyl (C=O) groups excluding carboxylic acids is 1. The minimum absolute atomic E-state index is 0.0616. The standard InChI is InChI=1S/C15H13BrClNO3/c1-20-13-6-5-10(16)7-9(13)8-21-15(19)14-11(17)3-2-4-12(14)18/h2-7H,8,18H2,1H3. The summed E-state index contributed by atoms with van der Waals surface area (Å²) in [7, 11) is 1.56. The molecule has 0 aliphatic heterocycles. The fraction of sp³-hybridized carbons (Fsp3) is 0.133. The lowest BCUT2D eigenvalue weighted by molar-refractivity contribution is 0.0471. The molecule has 0 radical (unpaired) electrons. The number of benzene rings is 2. The highest BCUT2D eigenvalue weighted by Gasteiger charge is 2.16. The molecule has 0 unspecified atom stereocenters. The van der Waals surface area contributed by atoms with E-state index in [0.29, 0.717) is 5.75 Å². The van der Waals surface area contributed by atoms with Gasteiger partial charge in [0.05, 0.1) is 12.1 Å². The molecule has 2 aromatic rings. The molecule has 0 atom stereocenters. The Balaban J connectivity index is 2.17. The summed E-state index contributed by atoms with van der Waals surface area (Å²) in [6, 6.07) is 10.3. The normalized spacial score (nSPS) is 10.2. The van der Waals surface area contributed by atoms with Gasteiger partial charge in [-0.3, -0.25) is 0 Å². The Morgan fingerprint density at radius 3 is 2.76 bits per heavy atom. The first-order valence-electron chi connectivity index (χ1n) is 6.06. The van der Waals surface area contributed by atoms with E-state index in [1.54, 1.807) is 31.4 Å². The summed E-state index contributed by atoms with van der Waals surface area (Å²) in [4.78, 5) is 12.1. The van der Waals surface area contributed by atoms with Crippen molar-refractivity contribution in [1.82, 2.24) is 0 Å². The minimum Gasteiger partial charge on any atom is -0.496 e. The molecule has 21 heavy (non-hydrogen) atoms. The highest BCUT2D eigenvalue weighted by atomic mass is 79.9. The maximum atomic E-state index is 12.1. The second-order valence-electron chi connectivity index (χ2n) is 4.24. The number of halogens is 2. The maximum absolute atomic E-state index is 12.1. The number of hydrogen-bond acceptors (Lipinski definition) is 4. The molecule has 0 saturated carbocycles. The van der Waals surface area contributed by atoms with Gasteiger partial charge in [-0.25, -0.2) is 4.79 Å². The molecule has 2 rings (SSSR count). The molecule has 0 aliphatic rings. The Hall–Kier alpha value is -1.72. The van der Waals surface area contributed by atoms with Crippen LogP contribution in [0, 0.1) is 0 Å². The van der Waals surface area contributed by atoms with Crippen LogP contribution in [-0.2, 0) is 11.3 Å². The molecule has 0 aliphatic carbocycles. The summed E-state index contributed by atoms with van der Waals surface area (Å²) in [6.45, 7) is 0.0616. The zero-order valence-corrected chi connectivity index (χ0v) is 13.6. The third kappa shape index (κ3) is 3.68. The average molecular weight is 371 g/mol. The predicted octanol–water partition coefficient (Wildman–Crippen LogP) is 4.05. The molecule has 0 saturated heterocycles. The van der Waals surface area contributed by atoms with E-state index in [0.717, 1.165) is 10.0 Å². The smallest absolute Gasteiger partial charge is 0.342 e. The highest BCUT2D eigenvalue weighted by Crippen LogP contribution is 2.26. The fourth-order valence-electron chi connectivity index (χ4n) is 1.83. The van der Waals surface area contributed by atoms with Crippen LogP contribution >= 0.6 is 27.5 Å². The third-order valence-electron chi connectivity index (χ3n) is 2.85. The second kappa shape index (κ2) is 6.83. The SMILES string of the molecule is COc1ccc(Br)cc1COC(=O)c1c(N)cccc1Cl. The first kappa shape index (κ1) is 15.7. The summed E-state index contributed by atoms with van der Waals surface area (Å²) >= 11 is 9.34. The van der Waals surface area contributed by atoms with Crippen molar-refractivity contribution in [1.29, 1.82) is 0 Å². The van der Waals surface area contributed by atoms with Crippen LogP contribution in [0.4, 0.5) is 5.69 Å². The zero-order chi connectivity index (χ0) is 15.4. The number of nitrogens with two attached hydrogens (primary N) is 1. The monoisotopic (exact) mass is 369 g/mol. The van der Waals surface area contributed by atoms with Crippen molar-refractivity contribution in [2.75, 3.05) is 12.8 Å². The van der Waals surface area contributed by atoms with E-state index < -0.39 is 5.97 Å². The fourth-order valence-corrected chi connectivity index (χ4v) is 2.50. The van der Waals surface area contributed by atoms with Crippen molar-refractivity contribution in [3.63, 3.8) is 0 Å². The van der Waals surface area contributed by atoms with Crippen molar-refractivity contribution in [2.45, 2.75) is 6.61 Å². The van der Waals surface area contributed by atoms with E-state index in [4.69, 9.17) is 26.8 Å². The highest BCUT2D eigenvalue weighted by molar-refractivity contribution is 9.10. The molecular formula is C15H13BrClNO3. The summed E-state index contributed by atoms with van der Waals surface area (Å²) in [5.74, 6) is 0.0678. The van der Waals surface area contributed by atoms with Crippen molar-refractivity contribution in [3.05, 3.63) is 57.0 Å². The van der Waals surface area contributed by atoms with Crippen LogP contribution < -0.4 is 10.5 Å². The van der Waals surface area contributed by atoms with Crippen LogP contribution in [0.25, 0.3) is 0 Å². The van der Waals surface area contributed by atoms with Crippen LogP contribution in [0.1, 0.15) is 15.9 Å². The zero-order valence-electron chi connectivity index (χ0n) is 11.2. The molecule has 0 aromatic heterocycles. The van der Waals surface area contributed by atoms with Gasteiger partial charge in [0, 0.05) is 15.7 Å². The number of carbonyl (C=O) groups is 1. The molecule has 0 fully saturated rings. The number of hydrogen-bond donors (Lipinski definition) is 1. The molecule has 2 aromatic carbocycles. The van der Waals surface area contributed by atoms with Gasteiger partial charge >= 0.3 is 5.97 Å². The van der Waals surface area contributed by atoms with Crippen molar-refractivity contribution in [3.8, 4) is 5.75 Å². The quantitative estimate of drug-likeness (QED) is 0.651. The Labute approximate surface area is 135 Å². The topological polar surface area (TPSA) is 61.5 Å². The number of anilines is 1. The Morgan fingerprint density at radius 1 is 1.33 bits per heavy atom. The molecule has 2 N–H and O–H groups in total. The van der Waals surface area contributed by atoms with Gasteiger partial charge in [0.15, 0.2) is 0 Å². The maximum Gasteiger partial charge on any atom is 0.342 e. The van der Waals surface area contributed by atoms with Crippen LogP contribution in [0.5, 0.6) is 5.75 Å². The number of nitrogen functional groups attached to an aromatic ring is 1. The molecule has 0 heterocycles. The van der Waals surface area contributed by atoms with E-state index in [2.05, 4.69) is 15.9 Å². The molecule has 0 spiro atoms. The third-order valence-corrected chi connectivity index (χ3v) is 3.66. The Bertz CT molecular complexity index is 656. The van der Waals surface area contributed by atoms with Gasteiger partial charge in [-0.2, -0.15) is 0 Å². The average Bonchev–Trinajstić information content (AvgIpc) is 2.45. The second-order valence-corrected chi connectivity index (χ2v) is 5.56. The summed E-state index contributed by atoms with van der Waals surface area (Å²) in [6.07, 6.45) is 0. The van der Waals surface area contributed by atoms with Gasteiger partial charge in [-0.15, -0.1) is 0 Å². The lowest BCUT2D eigenvalue weighted by Crippen LogP contribution is -2.09.